The molecule has 0 spiro atoms. The van der Waals surface area contributed by atoms with E-state index in [-0.39, 0.29) is 40.9 Å². The third kappa shape index (κ3) is 4.04. The van der Waals surface area contributed by atoms with E-state index >= 15 is 0 Å². The second kappa shape index (κ2) is 6.58. The maximum Gasteiger partial charge on any atom is 1.00 e. The van der Waals surface area contributed by atoms with Crippen molar-refractivity contribution in [2.75, 3.05) is 6.61 Å². The van der Waals surface area contributed by atoms with Crippen LogP contribution in [0.3, 0.4) is 0 Å². The van der Waals surface area contributed by atoms with Crippen molar-refractivity contribution < 1.29 is 52.4 Å². The molecule has 1 rings (SSSR count). The molecule has 0 saturated heterocycles. The van der Waals surface area contributed by atoms with Crippen molar-refractivity contribution in [3.63, 3.8) is 0 Å². The molecule has 1 N–H and O–H groups in total. The van der Waals surface area contributed by atoms with Gasteiger partial charge in [0.05, 0.1) is 6.61 Å². The maximum atomic E-state index is 10.6. The molecule has 1 unspecified atom stereocenters. The fraction of sp³-hybridized carbons (Fsp3) is 0.333. The van der Waals surface area contributed by atoms with E-state index in [9.17, 15) is 18.1 Å². The number of hydrogen-bond acceptors (Lipinski definition) is 5. The minimum absolute atomic E-state index is 0. The van der Waals surface area contributed by atoms with Gasteiger partial charge < -0.3 is 14.4 Å². The van der Waals surface area contributed by atoms with Crippen molar-refractivity contribution in [3.8, 4) is 5.75 Å². The van der Waals surface area contributed by atoms with Gasteiger partial charge in [-0.05, 0) is 13.0 Å². The van der Waals surface area contributed by atoms with Gasteiger partial charge in [0, 0.05) is 5.56 Å². The van der Waals surface area contributed by atoms with Gasteiger partial charge in [-0.2, -0.15) is 0 Å². The van der Waals surface area contributed by atoms with Crippen LogP contribution in [-0.2, 0) is 10.1 Å². The Hall–Kier alpha value is -0.110. The van der Waals surface area contributed by atoms with Crippen LogP contribution in [0.15, 0.2) is 24.3 Å². The van der Waals surface area contributed by atoms with Crippen LogP contribution in [-0.4, -0.2) is 24.7 Å². The minimum Gasteiger partial charge on any atom is -0.746 e. The molecule has 16 heavy (non-hydrogen) atoms. The number of ether oxygens (including phenoxy) is 1. The van der Waals surface area contributed by atoms with Gasteiger partial charge in [0.2, 0.25) is 0 Å². The fourth-order valence-corrected chi connectivity index (χ4v) is 1.63. The van der Waals surface area contributed by atoms with E-state index in [1.165, 1.54) is 18.2 Å². The summed E-state index contributed by atoms with van der Waals surface area (Å²) in [5, 5.41) is 9.28. The molecule has 0 aliphatic rings. The summed E-state index contributed by atoms with van der Waals surface area (Å²) >= 11 is 0. The van der Waals surface area contributed by atoms with E-state index in [1.54, 1.807) is 13.0 Å². The van der Waals surface area contributed by atoms with Crippen molar-refractivity contribution in [2.45, 2.75) is 12.4 Å². The first kappa shape index (κ1) is 15.9. The molecule has 84 valence electrons. The zero-order chi connectivity index (χ0) is 11.5. The molecule has 0 aromatic heterocycles. The smallest absolute Gasteiger partial charge is 0.746 e. The van der Waals surface area contributed by atoms with Crippen LogP contribution in [0.1, 0.15) is 17.9 Å². The van der Waals surface area contributed by atoms with Crippen LogP contribution < -0.4 is 34.3 Å². The molecule has 1 aromatic carbocycles. The maximum absolute atomic E-state index is 10.6. The molecule has 0 aliphatic heterocycles. The van der Waals surface area contributed by atoms with Crippen LogP contribution in [0, 0.1) is 0 Å². The first-order chi connectivity index (χ1) is 6.96. The molecule has 5 nitrogen and oxygen atoms in total. The SMILES string of the molecule is CCOc1ccccc1C(O)S(=O)(=O)[O-].[Na+]. The van der Waals surface area contributed by atoms with Gasteiger partial charge in [0.1, 0.15) is 15.9 Å². The Morgan fingerprint density at radius 2 is 2.00 bits per heavy atom. The Kier molecular flexibility index (Phi) is 6.54. The second-order valence-corrected chi connectivity index (χ2v) is 4.25. The summed E-state index contributed by atoms with van der Waals surface area (Å²) in [5.41, 5.74) is -2.12. The Morgan fingerprint density at radius 1 is 1.44 bits per heavy atom. The first-order valence-corrected chi connectivity index (χ1v) is 5.78. The summed E-state index contributed by atoms with van der Waals surface area (Å²) in [4.78, 5) is 0. The van der Waals surface area contributed by atoms with Crippen molar-refractivity contribution in [3.05, 3.63) is 29.8 Å². The molecular formula is C9H11NaO5S. The normalized spacial score (nSPS) is 12.7. The van der Waals surface area contributed by atoms with Gasteiger partial charge in [-0.25, -0.2) is 8.42 Å². The molecular weight excluding hydrogens is 243 g/mol. The Balaban J connectivity index is 0.00000225. The summed E-state index contributed by atoms with van der Waals surface area (Å²) in [6, 6.07) is 5.98. The number of aliphatic hydroxyl groups is 1. The van der Waals surface area contributed by atoms with E-state index in [0.29, 0.717) is 6.61 Å². The quantitative estimate of drug-likeness (QED) is 0.479. The van der Waals surface area contributed by atoms with Gasteiger partial charge in [-0.15, -0.1) is 0 Å². The average molecular weight is 254 g/mol. The van der Waals surface area contributed by atoms with Gasteiger partial charge in [0.25, 0.3) is 0 Å². The molecule has 0 aliphatic carbocycles. The Morgan fingerprint density at radius 3 is 2.50 bits per heavy atom. The monoisotopic (exact) mass is 254 g/mol. The van der Waals surface area contributed by atoms with Crippen LogP contribution in [0.4, 0.5) is 0 Å². The van der Waals surface area contributed by atoms with E-state index in [0.717, 1.165) is 0 Å². The number of benzene rings is 1. The summed E-state index contributed by atoms with van der Waals surface area (Å²) in [5.74, 6) is 0.201. The van der Waals surface area contributed by atoms with E-state index < -0.39 is 15.6 Å². The van der Waals surface area contributed by atoms with Crippen molar-refractivity contribution in [1.82, 2.24) is 0 Å². The van der Waals surface area contributed by atoms with Crippen LogP contribution in [0.25, 0.3) is 0 Å². The summed E-state index contributed by atoms with van der Waals surface area (Å²) in [7, 11) is -4.77. The second-order valence-electron chi connectivity index (χ2n) is 2.82. The molecule has 7 heteroatoms. The molecule has 0 heterocycles. The minimum atomic E-state index is -4.77. The van der Waals surface area contributed by atoms with E-state index in [2.05, 4.69) is 0 Å². The van der Waals surface area contributed by atoms with Crippen LogP contribution >= 0.6 is 0 Å². The Bertz CT molecular complexity index is 431. The predicted molar refractivity (Wildman–Crippen MR) is 52.3 cm³/mol. The van der Waals surface area contributed by atoms with Gasteiger partial charge in [-0.1, -0.05) is 18.2 Å². The fourth-order valence-electron chi connectivity index (χ4n) is 1.13. The zero-order valence-electron chi connectivity index (χ0n) is 9.08. The van der Waals surface area contributed by atoms with Crippen LogP contribution in [0.2, 0.25) is 0 Å². The molecule has 0 radical (unpaired) electrons. The summed E-state index contributed by atoms with van der Waals surface area (Å²) in [6.45, 7) is 2.04. The third-order valence-electron chi connectivity index (χ3n) is 1.76. The molecule has 0 fully saturated rings. The van der Waals surface area contributed by atoms with Crippen molar-refractivity contribution in [2.24, 2.45) is 0 Å². The first-order valence-electron chi connectivity index (χ1n) is 4.31. The Labute approximate surface area is 116 Å². The average Bonchev–Trinajstić information content (AvgIpc) is 2.17. The predicted octanol–water partition coefficient (Wildman–Crippen LogP) is -2.37. The molecule has 0 bridgehead atoms. The van der Waals surface area contributed by atoms with E-state index in [1.807, 2.05) is 0 Å². The third-order valence-corrected chi connectivity index (χ3v) is 2.56. The standard InChI is InChI=1S/C9H12O5S.Na/c1-2-14-8-6-4-3-5-7(8)9(10)15(11,12)13;/h3-6,9-10H,2H2,1H3,(H,11,12,13);/q;+1/p-1. The summed E-state index contributed by atoms with van der Waals surface area (Å²) in [6.07, 6.45) is 0. The van der Waals surface area contributed by atoms with Gasteiger partial charge >= 0.3 is 29.6 Å². The number of rotatable bonds is 4. The number of para-hydroxylation sites is 1. The van der Waals surface area contributed by atoms with E-state index in [4.69, 9.17) is 4.74 Å². The van der Waals surface area contributed by atoms with Gasteiger partial charge in [-0.3, -0.25) is 0 Å². The molecule has 1 aromatic rings. The zero-order valence-corrected chi connectivity index (χ0v) is 11.9. The number of hydrogen-bond donors (Lipinski definition) is 1. The molecule has 1 atom stereocenters. The number of aliphatic hydroxyl groups excluding tert-OH is 1. The topological polar surface area (TPSA) is 86.7 Å². The van der Waals surface area contributed by atoms with Gasteiger partial charge in [0.15, 0.2) is 5.44 Å². The van der Waals surface area contributed by atoms with Crippen LogP contribution in [0.5, 0.6) is 5.75 Å². The molecule has 0 saturated carbocycles. The summed E-state index contributed by atoms with van der Waals surface area (Å²) < 4.78 is 37.0. The van der Waals surface area contributed by atoms with Crippen molar-refractivity contribution >= 4 is 10.1 Å². The largest absolute Gasteiger partial charge is 1.00 e. The van der Waals surface area contributed by atoms with Crippen molar-refractivity contribution in [1.29, 1.82) is 0 Å². The molecule has 0 amide bonds.